The molecule has 0 bridgehead atoms. The molecular formula is C20H26N12O9P2S2. The molecule has 7 rings (SSSR count). The van der Waals surface area contributed by atoms with Crippen LogP contribution in [0.15, 0.2) is 23.8 Å². The molecule has 3 saturated heterocycles. The van der Waals surface area contributed by atoms with E-state index in [2.05, 4.69) is 64.6 Å². The lowest BCUT2D eigenvalue weighted by Gasteiger charge is -2.30. The van der Waals surface area contributed by atoms with E-state index in [9.17, 15) is 24.1 Å². The van der Waals surface area contributed by atoms with E-state index in [0.29, 0.717) is 0 Å². The molecule has 3 aliphatic rings. The monoisotopic (exact) mass is 704 g/mol. The predicted molar refractivity (Wildman–Crippen MR) is 161 cm³/mol. The number of nitrogen functional groups attached to an aromatic ring is 2. The summed E-state index contributed by atoms with van der Waals surface area (Å²) in [5.41, 5.74) is 11.5. The molecule has 3 aliphatic heterocycles. The number of imidazole rings is 2. The molecule has 4 aromatic rings. The topological polar surface area (TPSA) is 295 Å². The molecule has 0 aromatic carbocycles. The van der Waals surface area contributed by atoms with Crippen molar-refractivity contribution in [1.29, 1.82) is 0 Å². The lowest BCUT2D eigenvalue weighted by atomic mass is 10.1. The van der Waals surface area contributed by atoms with Crippen molar-refractivity contribution in [2.75, 3.05) is 24.7 Å². The second-order valence-corrected chi connectivity index (χ2v) is 16.7. The highest BCUT2D eigenvalue weighted by atomic mass is 32.7. The van der Waals surface area contributed by atoms with E-state index < -0.39 is 81.2 Å². The molecule has 25 heteroatoms. The van der Waals surface area contributed by atoms with Crippen molar-refractivity contribution >= 4 is 72.0 Å². The van der Waals surface area contributed by atoms with Gasteiger partial charge in [-0.1, -0.05) is 24.5 Å². The Hall–Kier alpha value is -2.66. The summed E-state index contributed by atoms with van der Waals surface area (Å²) in [5.74, 6) is -0.0807. The van der Waals surface area contributed by atoms with Crippen LogP contribution in [-0.4, -0.2) is 99.0 Å². The number of fused-ring (bicyclic) bond motifs is 4. The number of nitrogens with two attached hydrogens (primary N) is 2. The minimum absolute atomic E-state index is 0.0127. The van der Waals surface area contributed by atoms with Crippen LogP contribution >= 0.6 is 37.9 Å². The standard InChI is InChI=1S/C20H26N12O9P2S2/c21-14-10-15(24-3-23-14)31(4-25-10)18-12(33)8-6(40-18)1-38-43(37,45)30-9-7(2-39-42(36,44)29-8)41-19(13(9)34)32-5-26-11-16(32)27-20(22)28-17(11)35/h3-9,12-13,18-19,33-34H,1-2H2,(H2,21,23,24)(H2,29,36,44)(H2,30,37,45)(H3,22,27,28,35)/t6-,7-,8-,9-,12-,13-,18-,19-,42?,43?/m1/s1. The summed E-state index contributed by atoms with van der Waals surface area (Å²) in [5, 5.41) is 28.0. The first-order valence-electron chi connectivity index (χ1n) is 13.1. The Balaban J connectivity index is 1.17. The summed E-state index contributed by atoms with van der Waals surface area (Å²) < 4.78 is 53.1. The van der Waals surface area contributed by atoms with Crippen LogP contribution in [0.5, 0.6) is 0 Å². The molecule has 7 heterocycles. The molecule has 45 heavy (non-hydrogen) atoms. The maximum absolute atomic E-state index is 13.5. The average molecular weight is 705 g/mol. The van der Waals surface area contributed by atoms with Crippen molar-refractivity contribution in [2.24, 2.45) is 0 Å². The highest BCUT2D eigenvalue weighted by molar-refractivity contribution is 8.45. The second kappa shape index (κ2) is 11.2. The van der Waals surface area contributed by atoms with Crippen LogP contribution in [-0.2, 0) is 27.7 Å². The minimum atomic E-state index is -4.04. The summed E-state index contributed by atoms with van der Waals surface area (Å²) >= 11 is 8.38. The van der Waals surface area contributed by atoms with Crippen molar-refractivity contribution < 1.29 is 37.9 Å². The lowest BCUT2D eigenvalue weighted by molar-refractivity contribution is -0.0464. The summed E-state index contributed by atoms with van der Waals surface area (Å²) in [7, 11) is 0. The highest BCUT2D eigenvalue weighted by Crippen LogP contribution is 2.54. The van der Waals surface area contributed by atoms with E-state index >= 15 is 0 Å². The van der Waals surface area contributed by atoms with E-state index in [1.165, 1.54) is 28.1 Å². The molecule has 0 aliphatic carbocycles. The number of hydrogen-bond acceptors (Lipinski definition) is 16. The van der Waals surface area contributed by atoms with Gasteiger partial charge in [0.25, 0.3) is 5.56 Å². The maximum atomic E-state index is 13.5. The average Bonchev–Trinajstić information content (AvgIpc) is 3.72. The van der Waals surface area contributed by atoms with Crippen molar-refractivity contribution in [2.45, 2.75) is 49.0 Å². The molecule has 0 radical (unpaired) electrons. The fourth-order valence-corrected chi connectivity index (χ4v) is 8.97. The third kappa shape index (κ3) is 5.55. The van der Waals surface area contributed by atoms with E-state index in [0.717, 1.165) is 0 Å². The van der Waals surface area contributed by atoms with Crippen molar-refractivity contribution in [3.8, 4) is 0 Å². The molecule has 2 unspecified atom stereocenters. The number of aromatic nitrogens is 8. The zero-order chi connectivity index (χ0) is 31.8. The molecular weight excluding hydrogens is 678 g/mol. The molecule has 0 spiro atoms. The van der Waals surface area contributed by atoms with Gasteiger partial charge in [0.1, 0.15) is 36.3 Å². The third-order valence-corrected chi connectivity index (χ3v) is 11.2. The predicted octanol–water partition coefficient (Wildman–Crippen LogP) is -1.32. The van der Waals surface area contributed by atoms with E-state index in [1.807, 2.05) is 0 Å². The van der Waals surface area contributed by atoms with Crippen molar-refractivity contribution in [3.63, 3.8) is 0 Å². The van der Waals surface area contributed by atoms with E-state index in [-0.39, 0.29) is 34.1 Å². The normalized spacial score (nSPS) is 37.7. The number of ether oxygens (including phenoxy) is 2. The Bertz CT molecular complexity index is 1940. The van der Waals surface area contributed by atoms with Crippen molar-refractivity contribution in [1.82, 2.24) is 49.2 Å². The maximum Gasteiger partial charge on any atom is 0.324 e. The summed E-state index contributed by atoms with van der Waals surface area (Å²) in [4.78, 5) is 35.0. The quantitative estimate of drug-likeness (QED) is 0.0863. The van der Waals surface area contributed by atoms with Crippen LogP contribution in [0.4, 0.5) is 11.8 Å². The summed E-state index contributed by atoms with van der Waals surface area (Å²) in [6.07, 6.45) is -3.65. The van der Waals surface area contributed by atoms with Crippen LogP contribution < -0.4 is 27.2 Å². The van der Waals surface area contributed by atoms with Crippen LogP contribution in [0.3, 0.4) is 0 Å². The number of anilines is 2. The number of hydrogen-bond donors (Lipinski definition) is 9. The zero-order valence-electron chi connectivity index (χ0n) is 22.6. The highest BCUT2D eigenvalue weighted by Gasteiger charge is 2.52. The number of thiol groups is 2. The largest absolute Gasteiger partial charge is 0.387 e. The van der Waals surface area contributed by atoms with Gasteiger partial charge in [-0.3, -0.25) is 28.0 Å². The third-order valence-electron chi connectivity index (χ3n) is 7.59. The number of aliphatic hydroxyl groups excluding tert-OH is 2. The first-order chi connectivity index (χ1) is 21.3. The molecule has 10 atom stereocenters. The number of aliphatic hydroxyl groups is 2. The first-order valence-corrected chi connectivity index (χ1v) is 18.7. The van der Waals surface area contributed by atoms with Gasteiger partial charge in [-0.2, -0.15) is 4.98 Å². The first kappa shape index (κ1) is 31.0. The number of aromatic amines is 1. The number of nitrogens with zero attached hydrogens (tertiary/aromatic N) is 7. The Labute approximate surface area is 261 Å². The Kier molecular flexibility index (Phi) is 7.74. The van der Waals surface area contributed by atoms with Gasteiger partial charge >= 0.3 is 13.4 Å². The molecule has 0 amide bonds. The van der Waals surface area contributed by atoms with Gasteiger partial charge in [-0.15, -0.1) is 0 Å². The summed E-state index contributed by atoms with van der Waals surface area (Å²) in [6, 6.07) is -2.31. The van der Waals surface area contributed by atoms with Crippen LogP contribution in [0.1, 0.15) is 12.5 Å². The molecule has 3 fully saturated rings. The Morgan fingerprint density at radius 1 is 0.844 bits per heavy atom. The smallest absolute Gasteiger partial charge is 0.324 e. The number of rotatable bonds is 2. The van der Waals surface area contributed by atoms with Gasteiger partial charge in [0.05, 0.1) is 38.0 Å². The van der Waals surface area contributed by atoms with E-state index in [4.69, 9.17) is 30.0 Å². The Morgan fingerprint density at radius 3 is 1.96 bits per heavy atom. The molecule has 4 aromatic heterocycles. The molecule has 21 nitrogen and oxygen atoms in total. The van der Waals surface area contributed by atoms with Gasteiger partial charge in [0, 0.05) is 0 Å². The number of nitrogens with one attached hydrogen (secondary N) is 3. The van der Waals surface area contributed by atoms with Crippen molar-refractivity contribution in [3.05, 3.63) is 29.3 Å². The molecule has 0 saturated carbocycles. The fraction of sp³-hybridized carbons (Fsp3) is 0.500. The Morgan fingerprint density at radius 2 is 1.38 bits per heavy atom. The second-order valence-electron chi connectivity index (χ2n) is 10.4. The van der Waals surface area contributed by atoms with Crippen LogP contribution in [0.25, 0.3) is 22.3 Å². The van der Waals surface area contributed by atoms with Crippen LogP contribution in [0, 0.1) is 0 Å². The molecule has 242 valence electrons. The van der Waals surface area contributed by atoms with Gasteiger partial charge in [-0.25, -0.2) is 30.1 Å². The zero-order valence-corrected chi connectivity index (χ0v) is 26.2. The van der Waals surface area contributed by atoms with Gasteiger partial charge in [0.15, 0.2) is 35.1 Å². The SMILES string of the molecule is Nc1nc2c(ncn2[C@@H]2O[C@@H]3COP(=O)(S)N[C@H]4[C@@H](O)[C@H](n5cnc6c(N)ncnc65)O[C@@H]4COP(=O)(S)N[C@H]3[C@H]2O)c(=O)[nH]1. The van der Waals surface area contributed by atoms with Gasteiger partial charge in [0.2, 0.25) is 5.95 Å². The molecule has 9 N–H and O–H groups in total. The fourth-order valence-electron chi connectivity index (χ4n) is 5.53. The van der Waals surface area contributed by atoms with E-state index in [1.54, 1.807) is 0 Å². The lowest BCUT2D eigenvalue weighted by Crippen LogP contribution is -2.47. The minimum Gasteiger partial charge on any atom is -0.387 e. The number of H-pyrrole nitrogens is 1. The summed E-state index contributed by atoms with van der Waals surface area (Å²) in [6.45, 7) is -8.97. The van der Waals surface area contributed by atoms with Gasteiger partial charge < -0.3 is 40.2 Å². The van der Waals surface area contributed by atoms with Crippen LogP contribution in [0.2, 0.25) is 0 Å². The van der Waals surface area contributed by atoms with Gasteiger partial charge in [-0.05, 0) is 0 Å².